The highest BCUT2D eigenvalue weighted by molar-refractivity contribution is 7.89. The van der Waals surface area contributed by atoms with E-state index in [4.69, 9.17) is 8.52 Å². The Morgan fingerprint density at radius 1 is 0.720 bits per heavy atom. The molecule has 0 aliphatic rings. The molecule has 0 heterocycles. The lowest BCUT2D eigenvalue weighted by Gasteiger charge is -2.17. The highest BCUT2D eigenvalue weighted by atomic mass is 32.3. The van der Waals surface area contributed by atoms with Crippen molar-refractivity contribution in [1.82, 2.24) is 0 Å². The van der Waals surface area contributed by atoms with E-state index in [1.165, 1.54) is 77.0 Å². The van der Waals surface area contributed by atoms with Gasteiger partial charge in [0.05, 0.1) is 19.0 Å². The third-order valence-corrected chi connectivity index (χ3v) is 9.72. The molecule has 0 saturated carbocycles. The molecule has 0 aliphatic carbocycles. The standard InChI is InChI=1S/C19H41O4PS/c1-4-6-7-8-9-10-11-12-13-14-15-16-17-18-19-24(3,5-2)23-25(20,21)22/h4-19H2,1-3H3/p+1. The molecule has 0 saturated heterocycles. The van der Waals surface area contributed by atoms with Crippen LogP contribution in [0.2, 0.25) is 0 Å². The van der Waals surface area contributed by atoms with Gasteiger partial charge in [0.25, 0.3) is 0 Å². The maximum absolute atomic E-state index is 10.9. The van der Waals surface area contributed by atoms with E-state index in [1.54, 1.807) is 0 Å². The lowest BCUT2D eigenvalue weighted by atomic mass is 10.0. The summed E-state index contributed by atoms with van der Waals surface area (Å²) < 4.78 is 35.6. The first-order valence-corrected chi connectivity index (χ1v) is 14.2. The van der Waals surface area contributed by atoms with Gasteiger partial charge in [-0.1, -0.05) is 87.9 Å². The van der Waals surface area contributed by atoms with Gasteiger partial charge < -0.3 is 0 Å². The topological polar surface area (TPSA) is 63.6 Å². The van der Waals surface area contributed by atoms with Crippen LogP contribution >= 0.6 is 7.49 Å². The summed E-state index contributed by atoms with van der Waals surface area (Å²) in [6.07, 6.45) is 19.8. The highest BCUT2D eigenvalue weighted by Crippen LogP contribution is 2.57. The van der Waals surface area contributed by atoms with E-state index in [1.807, 2.05) is 13.6 Å². The molecule has 0 aliphatic heterocycles. The van der Waals surface area contributed by atoms with Gasteiger partial charge >= 0.3 is 10.4 Å². The normalized spacial score (nSPS) is 14.6. The van der Waals surface area contributed by atoms with Gasteiger partial charge in [-0.25, -0.2) is 0 Å². The van der Waals surface area contributed by atoms with Crippen LogP contribution in [0.15, 0.2) is 0 Å². The van der Waals surface area contributed by atoms with Crippen LogP contribution in [-0.4, -0.2) is 32.0 Å². The molecule has 1 N–H and O–H groups in total. The molecule has 0 fully saturated rings. The Kier molecular flexibility index (Phi) is 15.6. The van der Waals surface area contributed by atoms with Crippen molar-refractivity contribution < 1.29 is 16.9 Å². The smallest absolute Gasteiger partial charge is 0.261 e. The number of hydrogen-bond acceptors (Lipinski definition) is 3. The Hall–Kier alpha value is 0.300. The second-order valence-corrected chi connectivity index (χ2v) is 12.6. The van der Waals surface area contributed by atoms with Crippen LogP contribution in [0.25, 0.3) is 0 Å². The Labute approximate surface area is 157 Å². The zero-order valence-corrected chi connectivity index (χ0v) is 18.6. The average Bonchev–Trinajstić information content (AvgIpc) is 2.53. The van der Waals surface area contributed by atoms with Crippen molar-refractivity contribution in [2.45, 2.75) is 104 Å². The molecule has 0 bridgehead atoms. The fourth-order valence-corrected chi connectivity index (χ4v) is 6.86. The number of unbranched alkanes of at least 4 members (excludes halogenated alkanes) is 13. The molecule has 1 atom stereocenters. The molecule has 152 valence electrons. The largest absolute Gasteiger partial charge is 0.429 e. The molecular weight excluding hydrogens is 355 g/mol. The SMILES string of the molecule is CCCCCCCCCCCCCCCC[P+](C)(CC)OS(=O)(=O)O. The van der Waals surface area contributed by atoms with Crippen LogP contribution in [0.4, 0.5) is 0 Å². The van der Waals surface area contributed by atoms with E-state index in [9.17, 15) is 8.42 Å². The Balaban J connectivity index is 3.43. The van der Waals surface area contributed by atoms with Gasteiger partial charge in [0.1, 0.15) is 0 Å². The fraction of sp³-hybridized carbons (Fsp3) is 1.00. The minimum absolute atomic E-state index is 0.686. The van der Waals surface area contributed by atoms with Crippen molar-refractivity contribution in [2.75, 3.05) is 19.0 Å². The average molecular weight is 398 g/mol. The van der Waals surface area contributed by atoms with Gasteiger partial charge in [-0.05, 0) is 19.8 Å². The highest BCUT2D eigenvalue weighted by Gasteiger charge is 2.36. The molecule has 0 spiro atoms. The summed E-state index contributed by atoms with van der Waals surface area (Å²) in [5, 5.41) is 0. The molecule has 0 radical (unpaired) electrons. The molecule has 6 heteroatoms. The quantitative estimate of drug-likeness (QED) is 0.156. The maximum Gasteiger partial charge on any atom is 0.429 e. The molecule has 0 rings (SSSR count). The second-order valence-electron chi connectivity index (χ2n) is 7.44. The summed E-state index contributed by atoms with van der Waals surface area (Å²) in [5.41, 5.74) is 0. The van der Waals surface area contributed by atoms with Gasteiger partial charge in [-0.15, -0.1) is 0 Å². The predicted octanol–water partition coefficient (Wildman–Crippen LogP) is 6.87. The van der Waals surface area contributed by atoms with E-state index in [-0.39, 0.29) is 0 Å². The Bertz CT molecular complexity index is 400. The maximum atomic E-state index is 10.9. The van der Waals surface area contributed by atoms with Crippen LogP contribution in [0.1, 0.15) is 104 Å². The molecule has 4 nitrogen and oxygen atoms in total. The third kappa shape index (κ3) is 17.5. The molecule has 25 heavy (non-hydrogen) atoms. The number of rotatable bonds is 18. The van der Waals surface area contributed by atoms with Crippen LogP contribution in [-0.2, 0) is 14.4 Å². The monoisotopic (exact) mass is 397 g/mol. The summed E-state index contributed by atoms with van der Waals surface area (Å²) in [6.45, 7) is 6.06. The summed E-state index contributed by atoms with van der Waals surface area (Å²) in [6, 6.07) is 0. The first kappa shape index (κ1) is 25.3. The van der Waals surface area contributed by atoms with E-state index in [2.05, 4.69) is 6.92 Å². The summed E-state index contributed by atoms with van der Waals surface area (Å²) in [5.74, 6) is 0. The van der Waals surface area contributed by atoms with E-state index in [0.717, 1.165) is 19.0 Å². The summed E-state index contributed by atoms with van der Waals surface area (Å²) in [4.78, 5) is 0. The van der Waals surface area contributed by atoms with Gasteiger partial charge in [0.15, 0.2) is 7.49 Å². The Morgan fingerprint density at radius 2 is 1.08 bits per heavy atom. The third-order valence-electron chi connectivity index (χ3n) is 4.93. The molecular formula is C19H42O4PS+. The number of hydrogen-bond donors (Lipinski definition) is 1. The summed E-state index contributed by atoms with van der Waals surface area (Å²) in [7, 11) is -6.31. The van der Waals surface area contributed by atoms with Crippen molar-refractivity contribution in [1.29, 1.82) is 0 Å². The molecule has 0 aromatic carbocycles. The predicted molar refractivity (Wildman–Crippen MR) is 111 cm³/mol. The van der Waals surface area contributed by atoms with Crippen LogP contribution in [0.5, 0.6) is 0 Å². The van der Waals surface area contributed by atoms with E-state index >= 15 is 0 Å². The first-order chi connectivity index (χ1) is 11.8. The van der Waals surface area contributed by atoms with Crippen LogP contribution in [0.3, 0.4) is 0 Å². The zero-order valence-electron chi connectivity index (χ0n) is 16.8. The van der Waals surface area contributed by atoms with Gasteiger partial charge in [0.2, 0.25) is 0 Å². The van der Waals surface area contributed by atoms with Crippen molar-refractivity contribution in [3.63, 3.8) is 0 Å². The second kappa shape index (κ2) is 15.4. The fourth-order valence-electron chi connectivity index (χ4n) is 3.12. The van der Waals surface area contributed by atoms with Crippen molar-refractivity contribution in [3.05, 3.63) is 0 Å². The molecule has 0 aromatic heterocycles. The van der Waals surface area contributed by atoms with Crippen LogP contribution < -0.4 is 0 Å². The van der Waals surface area contributed by atoms with Gasteiger partial charge in [-0.2, -0.15) is 8.42 Å². The van der Waals surface area contributed by atoms with Crippen LogP contribution in [0, 0.1) is 0 Å². The van der Waals surface area contributed by atoms with E-state index in [0.29, 0.717) is 6.16 Å². The summed E-state index contributed by atoms with van der Waals surface area (Å²) >= 11 is 0. The molecule has 0 amide bonds. The van der Waals surface area contributed by atoms with E-state index < -0.39 is 17.9 Å². The van der Waals surface area contributed by atoms with Crippen molar-refractivity contribution >= 4 is 17.9 Å². The zero-order chi connectivity index (χ0) is 19.0. The van der Waals surface area contributed by atoms with Gasteiger partial charge in [-0.3, -0.25) is 4.55 Å². The first-order valence-electron chi connectivity index (χ1n) is 10.4. The molecule has 1 unspecified atom stereocenters. The lowest BCUT2D eigenvalue weighted by Crippen LogP contribution is -2.10. The van der Waals surface area contributed by atoms with Gasteiger partial charge in [0, 0.05) is 0 Å². The minimum atomic E-state index is -4.31. The molecule has 0 aromatic rings. The lowest BCUT2D eigenvalue weighted by molar-refractivity contribution is 0.396. The van der Waals surface area contributed by atoms with Crippen molar-refractivity contribution in [3.8, 4) is 0 Å². The minimum Gasteiger partial charge on any atom is -0.261 e. The Morgan fingerprint density at radius 3 is 1.40 bits per heavy atom. The van der Waals surface area contributed by atoms with Crippen molar-refractivity contribution in [2.24, 2.45) is 0 Å².